The van der Waals surface area contributed by atoms with E-state index in [1.54, 1.807) is 0 Å². The molecule has 0 saturated carbocycles. The molecule has 0 spiro atoms. The number of hydrogen-bond acceptors (Lipinski definition) is 6. The Morgan fingerprint density at radius 2 is 1.71 bits per heavy atom. The van der Waals surface area contributed by atoms with Gasteiger partial charge in [-0.15, -0.1) is 0 Å². The first-order valence-corrected chi connectivity index (χ1v) is 10.4. The summed E-state index contributed by atoms with van der Waals surface area (Å²) in [5.74, 6) is -22.3. The van der Waals surface area contributed by atoms with Gasteiger partial charge in [0.2, 0.25) is 0 Å². The molecule has 1 aromatic carbocycles. The largest absolute Gasteiger partial charge is 0.458 e. The Balaban J connectivity index is 2.96. The highest BCUT2D eigenvalue weighted by Crippen LogP contribution is 2.48. The molecule has 1 rings (SSSR count). The second-order valence-corrected chi connectivity index (χ2v) is 8.49. The lowest BCUT2D eigenvalue weighted by molar-refractivity contribution is -0.388. The van der Waals surface area contributed by atoms with Gasteiger partial charge in [0, 0.05) is 17.2 Å². The van der Waals surface area contributed by atoms with Crippen LogP contribution in [0.1, 0.15) is 0 Å². The first kappa shape index (κ1) is 26.9. The van der Waals surface area contributed by atoms with Gasteiger partial charge < -0.3 is 4.74 Å². The van der Waals surface area contributed by atoms with Gasteiger partial charge in [-0.3, -0.25) is 23.3 Å². The molecule has 1 aromatic rings. The molecule has 0 aliphatic heterocycles. The van der Waals surface area contributed by atoms with Gasteiger partial charge in [-0.1, -0.05) is 0 Å². The predicted molar refractivity (Wildman–Crippen MR) is 88.5 cm³/mol. The molecule has 0 aromatic heterocycles. The number of nitro groups is 1. The zero-order valence-corrected chi connectivity index (χ0v) is 16.6. The molecule has 7 nitrogen and oxygen atoms in total. The molecule has 0 radical (unpaired) electrons. The molecule has 176 valence electrons. The minimum Gasteiger partial charge on any atom is -0.458 e. The molecule has 0 heterocycles. The van der Waals surface area contributed by atoms with Crippen molar-refractivity contribution in [2.45, 2.75) is 34.0 Å². The zero-order valence-electron chi connectivity index (χ0n) is 15.0. The van der Waals surface area contributed by atoms with Crippen molar-refractivity contribution in [3.63, 3.8) is 0 Å². The van der Waals surface area contributed by atoms with Crippen molar-refractivity contribution in [2.75, 3.05) is 18.6 Å². The predicted octanol–water partition coefficient (Wildman–Crippen LogP) is 3.15. The maximum absolute atomic E-state index is 13.3. The highest BCUT2D eigenvalue weighted by Gasteiger charge is 2.75. The van der Waals surface area contributed by atoms with E-state index in [4.69, 9.17) is 0 Å². The fourth-order valence-corrected chi connectivity index (χ4v) is 3.46. The Hall–Kier alpha value is -2.17. The summed E-state index contributed by atoms with van der Waals surface area (Å²) in [6.07, 6.45) is -3.99. The number of hydrogen-bond donors (Lipinski definition) is 0. The third kappa shape index (κ3) is 5.75. The number of nitro benzene ring substituents is 1. The third-order valence-electron chi connectivity index (χ3n) is 3.52. The maximum Gasteiger partial charge on any atom is 0.381 e. The molecule has 17 heteroatoms. The molecule has 0 fully saturated rings. The third-order valence-corrected chi connectivity index (χ3v) is 5.77. The van der Waals surface area contributed by atoms with Crippen molar-refractivity contribution < 1.29 is 58.0 Å². The van der Waals surface area contributed by atoms with Crippen LogP contribution in [0.5, 0.6) is 0 Å². The Labute approximate surface area is 172 Å². The van der Waals surface area contributed by atoms with E-state index in [1.807, 2.05) is 0 Å². The summed E-state index contributed by atoms with van der Waals surface area (Å²) >= 11 is 0. The van der Waals surface area contributed by atoms with Crippen LogP contribution in [0.4, 0.5) is 40.8 Å². The summed E-state index contributed by atoms with van der Waals surface area (Å²) in [6, 6.07) is 2.64. The monoisotopic (exact) mass is 505 g/mol. The highest BCUT2D eigenvalue weighted by molar-refractivity contribution is 7.86. The van der Waals surface area contributed by atoms with Gasteiger partial charge in [-0.25, -0.2) is 8.78 Å². The summed E-state index contributed by atoms with van der Waals surface area (Å²) < 4.78 is 129. The summed E-state index contributed by atoms with van der Waals surface area (Å²) in [4.78, 5) is 20.8. The van der Waals surface area contributed by atoms with Crippen LogP contribution >= 0.6 is 0 Å². The molecule has 0 aliphatic rings. The van der Waals surface area contributed by atoms with E-state index in [0.29, 0.717) is 0 Å². The van der Waals surface area contributed by atoms with E-state index in [-0.39, 0.29) is 4.90 Å². The fourth-order valence-electron chi connectivity index (χ4n) is 1.88. The summed E-state index contributed by atoms with van der Waals surface area (Å²) in [5, 5.41) is 11.0. The number of rotatable bonds is 10. The van der Waals surface area contributed by atoms with Crippen molar-refractivity contribution in [3.8, 4) is 0 Å². The molecule has 0 amide bonds. The molecule has 2 atom stereocenters. The Morgan fingerprint density at radius 1 is 1.16 bits per heavy atom. The summed E-state index contributed by atoms with van der Waals surface area (Å²) in [7, 11) is -4.34. The second-order valence-electron chi connectivity index (χ2n) is 5.69. The van der Waals surface area contributed by atoms with E-state index in [9.17, 15) is 58.4 Å². The van der Waals surface area contributed by atoms with Gasteiger partial charge in [0.25, 0.3) is 5.69 Å². The molecule has 0 aliphatic carbocycles. The van der Waals surface area contributed by atoms with E-state index < -0.39 is 79.6 Å². The lowest BCUT2D eigenvalue weighted by Crippen LogP contribution is -2.59. The van der Waals surface area contributed by atoms with Crippen LogP contribution in [-0.4, -0.2) is 62.1 Å². The summed E-state index contributed by atoms with van der Waals surface area (Å²) in [6.45, 7) is -2.76. The molecule has 0 N–H and O–H groups in total. The van der Waals surface area contributed by atoms with Crippen molar-refractivity contribution in [3.05, 3.63) is 28.3 Å². The first-order valence-electron chi connectivity index (χ1n) is 7.53. The van der Waals surface area contributed by atoms with Crippen LogP contribution < -0.4 is 0 Å². The fraction of sp³-hybridized carbons (Fsp3) is 0.500. The van der Waals surface area contributed by atoms with Gasteiger partial charge >= 0.3 is 30.2 Å². The quantitative estimate of drug-likeness (QED) is 0.210. The van der Waals surface area contributed by atoms with Gasteiger partial charge in [0.1, 0.15) is 10.6 Å². The van der Waals surface area contributed by atoms with Crippen LogP contribution in [0.15, 0.2) is 28.0 Å². The number of ether oxygens (including phenoxy) is 1. The van der Waals surface area contributed by atoms with Crippen LogP contribution in [0.2, 0.25) is 0 Å². The minimum atomic E-state index is -6.60. The second kappa shape index (κ2) is 9.54. The summed E-state index contributed by atoms with van der Waals surface area (Å²) in [5.41, 5.74) is -0.868. The van der Waals surface area contributed by atoms with E-state index in [2.05, 4.69) is 4.74 Å². The van der Waals surface area contributed by atoms with Crippen LogP contribution in [0.3, 0.4) is 0 Å². The number of nitrogens with zero attached hydrogens (tertiary/aromatic N) is 1. The number of benzene rings is 1. The van der Waals surface area contributed by atoms with Crippen LogP contribution in [0.25, 0.3) is 0 Å². The van der Waals surface area contributed by atoms with Crippen molar-refractivity contribution >= 4 is 33.3 Å². The normalized spacial score (nSPS) is 14.9. The topological polar surface area (TPSA) is 104 Å². The molecule has 2 unspecified atom stereocenters. The highest BCUT2D eigenvalue weighted by atomic mass is 32.2. The number of esters is 1. The zero-order chi connectivity index (χ0) is 24.4. The Morgan fingerprint density at radius 3 is 2.16 bits per heavy atom. The Kier molecular flexibility index (Phi) is 8.27. The number of alkyl halides is 8. The molecule has 0 bridgehead atoms. The van der Waals surface area contributed by atoms with Crippen molar-refractivity contribution in [2.24, 2.45) is 0 Å². The van der Waals surface area contributed by atoms with Crippen molar-refractivity contribution in [1.29, 1.82) is 0 Å². The van der Waals surface area contributed by atoms with Gasteiger partial charge in [-0.2, -0.15) is 26.3 Å². The van der Waals surface area contributed by atoms with E-state index in [1.165, 1.54) is 6.26 Å². The lowest BCUT2D eigenvalue weighted by Gasteiger charge is -2.31. The van der Waals surface area contributed by atoms with E-state index in [0.717, 1.165) is 18.2 Å². The SMILES string of the molecule is CS(=O)c1ccc(S(=O)CC(=O)OCC(F)(F)C(F)(F)C(F)(F)C(F)F)c([N+](=O)[O-])c1. The first-order chi connectivity index (χ1) is 14.0. The molecule has 0 saturated heterocycles. The Bertz CT molecular complexity index is 911. The van der Waals surface area contributed by atoms with E-state index >= 15 is 0 Å². The average molecular weight is 505 g/mol. The molecule has 31 heavy (non-hydrogen) atoms. The standard InChI is InChI=1S/C14H11F8NO6S2/c1-30(27)7-2-3-9(8(4-7)23(25)26)31(28)5-10(24)29-6-12(17,18)14(21,22)13(19,20)11(15)16/h2-4,11H,5-6H2,1H3. The lowest BCUT2D eigenvalue weighted by atomic mass is 10.1. The number of carbonyl (C=O) groups is 1. The van der Waals surface area contributed by atoms with Crippen LogP contribution in [-0.2, 0) is 31.1 Å². The van der Waals surface area contributed by atoms with Gasteiger partial charge in [0.15, 0.2) is 6.61 Å². The maximum atomic E-state index is 13.3. The smallest absolute Gasteiger partial charge is 0.381 e. The molecular formula is C14H11F8NO6S2. The minimum absolute atomic E-state index is 0.0585. The number of halogens is 8. The average Bonchev–Trinajstić information content (AvgIpc) is 2.65. The number of carbonyl (C=O) groups excluding carboxylic acids is 1. The molecular weight excluding hydrogens is 494 g/mol. The van der Waals surface area contributed by atoms with Gasteiger partial charge in [0.05, 0.1) is 26.5 Å². The van der Waals surface area contributed by atoms with Gasteiger partial charge in [-0.05, 0) is 12.1 Å². The van der Waals surface area contributed by atoms with Crippen LogP contribution in [0, 0.1) is 10.1 Å². The van der Waals surface area contributed by atoms with Crippen molar-refractivity contribution in [1.82, 2.24) is 0 Å².